The van der Waals surface area contributed by atoms with Gasteiger partial charge in [0.2, 0.25) is 5.91 Å². The Morgan fingerprint density at radius 3 is 2.44 bits per heavy atom. The molecule has 7 nitrogen and oxygen atoms in total. The van der Waals surface area contributed by atoms with Crippen LogP contribution in [0.1, 0.15) is 29.5 Å². The number of benzene rings is 2. The van der Waals surface area contributed by atoms with Crippen molar-refractivity contribution >= 4 is 28.5 Å². The zero-order valence-electron chi connectivity index (χ0n) is 20.1. The molecular weight excluding hydrogens is 426 g/mol. The Hall–Kier alpha value is -3.74. The van der Waals surface area contributed by atoms with Crippen LogP contribution in [0, 0.1) is 26.7 Å². The number of nitrogens with zero attached hydrogens (tertiary/aromatic N) is 5. The molecule has 174 valence electrons. The third-order valence-corrected chi connectivity index (χ3v) is 6.78. The smallest absolute Gasteiger partial charge is 0.263 e. The third kappa shape index (κ3) is 4.02. The zero-order chi connectivity index (χ0) is 23.8. The number of rotatable bonds is 4. The van der Waals surface area contributed by atoms with Crippen molar-refractivity contribution in [2.75, 3.05) is 29.9 Å². The first-order chi connectivity index (χ1) is 16.4. The van der Waals surface area contributed by atoms with E-state index < -0.39 is 0 Å². The van der Waals surface area contributed by atoms with Crippen LogP contribution >= 0.6 is 0 Å². The lowest BCUT2D eigenvalue weighted by Gasteiger charge is -2.34. The summed E-state index contributed by atoms with van der Waals surface area (Å²) >= 11 is 0. The highest BCUT2D eigenvalue weighted by Gasteiger charge is 2.30. The summed E-state index contributed by atoms with van der Waals surface area (Å²) < 4.78 is 5.54. The van der Waals surface area contributed by atoms with E-state index in [4.69, 9.17) is 4.52 Å². The predicted octanol–water partition coefficient (Wildman–Crippen LogP) is 5.09. The molecule has 2 aromatic heterocycles. The largest absolute Gasteiger partial charge is 0.356 e. The highest BCUT2D eigenvalue weighted by atomic mass is 16.5. The van der Waals surface area contributed by atoms with E-state index in [0.29, 0.717) is 5.71 Å². The van der Waals surface area contributed by atoms with Crippen molar-refractivity contribution < 1.29 is 9.32 Å². The molecule has 0 bridgehead atoms. The van der Waals surface area contributed by atoms with Gasteiger partial charge < -0.3 is 14.3 Å². The monoisotopic (exact) mass is 455 g/mol. The minimum Gasteiger partial charge on any atom is -0.356 e. The van der Waals surface area contributed by atoms with Crippen molar-refractivity contribution in [3.63, 3.8) is 0 Å². The number of aryl methyl sites for hydroxylation is 3. The van der Waals surface area contributed by atoms with Gasteiger partial charge in [0, 0.05) is 37.3 Å². The van der Waals surface area contributed by atoms with Crippen LogP contribution in [0.3, 0.4) is 0 Å². The molecule has 1 saturated heterocycles. The Morgan fingerprint density at radius 2 is 1.71 bits per heavy atom. The molecule has 2 aromatic carbocycles. The fraction of sp³-hybridized carbons (Fsp3) is 0.333. The van der Waals surface area contributed by atoms with Crippen LogP contribution in [0.15, 0.2) is 53.3 Å². The van der Waals surface area contributed by atoms with Crippen molar-refractivity contribution in [2.24, 2.45) is 5.92 Å². The summed E-state index contributed by atoms with van der Waals surface area (Å²) in [5.74, 6) is 0.972. The normalized spacial score (nSPS) is 14.5. The van der Waals surface area contributed by atoms with Gasteiger partial charge in [-0.25, -0.2) is 4.98 Å². The first kappa shape index (κ1) is 22.1. The van der Waals surface area contributed by atoms with Gasteiger partial charge >= 0.3 is 0 Å². The zero-order valence-corrected chi connectivity index (χ0v) is 20.1. The fourth-order valence-electron chi connectivity index (χ4n) is 4.73. The lowest BCUT2D eigenvalue weighted by Crippen LogP contribution is -2.42. The molecule has 1 fully saturated rings. The molecule has 3 heterocycles. The molecule has 5 rings (SSSR count). The lowest BCUT2D eigenvalue weighted by molar-refractivity contribution is -0.122. The molecule has 0 N–H and O–H groups in total. The Bertz CT molecular complexity index is 1340. The Morgan fingerprint density at radius 1 is 1.00 bits per heavy atom. The summed E-state index contributed by atoms with van der Waals surface area (Å²) in [5.41, 5.74) is 6.63. The summed E-state index contributed by atoms with van der Waals surface area (Å²) in [7, 11) is 1.88. The summed E-state index contributed by atoms with van der Waals surface area (Å²) in [6.45, 7) is 7.63. The first-order valence-electron chi connectivity index (χ1n) is 11.7. The Labute approximate surface area is 199 Å². The fourth-order valence-corrected chi connectivity index (χ4v) is 4.73. The molecule has 1 aliphatic heterocycles. The number of aromatic nitrogens is 3. The van der Waals surface area contributed by atoms with Gasteiger partial charge in [-0.1, -0.05) is 47.1 Å². The molecule has 0 saturated carbocycles. The number of amides is 1. The summed E-state index contributed by atoms with van der Waals surface area (Å²) in [6.07, 6.45) is 3.06. The predicted molar refractivity (Wildman–Crippen MR) is 134 cm³/mol. The Balaban J connectivity index is 1.36. The van der Waals surface area contributed by atoms with Crippen LogP contribution in [-0.4, -0.2) is 41.2 Å². The number of piperidine rings is 1. The number of anilines is 2. The third-order valence-electron chi connectivity index (χ3n) is 6.78. The van der Waals surface area contributed by atoms with Crippen LogP contribution in [0.4, 0.5) is 11.5 Å². The van der Waals surface area contributed by atoms with Crippen molar-refractivity contribution in [1.82, 2.24) is 15.1 Å². The lowest BCUT2D eigenvalue weighted by atomic mass is 9.94. The second-order valence-corrected chi connectivity index (χ2v) is 9.22. The maximum absolute atomic E-state index is 13.3. The van der Waals surface area contributed by atoms with Crippen LogP contribution in [0.25, 0.3) is 22.4 Å². The van der Waals surface area contributed by atoms with Crippen molar-refractivity contribution in [3.8, 4) is 11.3 Å². The van der Waals surface area contributed by atoms with Gasteiger partial charge in [-0.05, 0) is 50.8 Å². The van der Waals surface area contributed by atoms with Gasteiger partial charge in [0.05, 0.1) is 0 Å². The average molecular weight is 456 g/mol. The topological polar surface area (TPSA) is 75.4 Å². The van der Waals surface area contributed by atoms with Gasteiger partial charge in [-0.15, -0.1) is 0 Å². The van der Waals surface area contributed by atoms with E-state index in [2.05, 4.69) is 64.2 Å². The summed E-state index contributed by atoms with van der Waals surface area (Å²) in [4.78, 5) is 26.2. The minimum absolute atomic E-state index is 0.0162. The van der Waals surface area contributed by atoms with E-state index in [-0.39, 0.29) is 11.8 Å². The van der Waals surface area contributed by atoms with Crippen LogP contribution < -0.4 is 9.80 Å². The van der Waals surface area contributed by atoms with E-state index in [1.54, 1.807) is 0 Å². The maximum atomic E-state index is 13.3. The molecule has 1 amide bonds. The van der Waals surface area contributed by atoms with E-state index in [9.17, 15) is 4.79 Å². The van der Waals surface area contributed by atoms with Gasteiger partial charge in [-0.3, -0.25) is 4.79 Å². The first-order valence-corrected chi connectivity index (χ1v) is 11.7. The molecular formula is C27H29N5O2. The molecule has 0 radical (unpaired) electrons. The number of fused-ring (bicyclic) bond motifs is 1. The number of hydrogen-bond acceptors (Lipinski definition) is 6. The van der Waals surface area contributed by atoms with E-state index in [0.717, 1.165) is 65.2 Å². The van der Waals surface area contributed by atoms with Crippen LogP contribution in [0.2, 0.25) is 0 Å². The van der Waals surface area contributed by atoms with Crippen molar-refractivity contribution in [2.45, 2.75) is 33.6 Å². The van der Waals surface area contributed by atoms with E-state index >= 15 is 0 Å². The number of hydrogen-bond donors (Lipinski definition) is 0. The van der Waals surface area contributed by atoms with Crippen molar-refractivity contribution in [1.29, 1.82) is 0 Å². The molecule has 7 heteroatoms. The number of carbonyl (C=O) groups excluding carboxylic acids is 1. The molecule has 0 atom stereocenters. The van der Waals surface area contributed by atoms with E-state index in [1.807, 2.05) is 31.0 Å². The van der Waals surface area contributed by atoms with Gasteiger partial charge in [0.25, 0.3) is 5.71 Å². The molecule has 4 aromatic rings. The van der Waals surface area contributed by atoms with Crippen LogP contribution in [-0.2, 0) is 4.79 Å². The quantitative estimate of drug-likeness (QED) is 0.427. The second-order valence-electron chi connectivity index (χ2n) is 9.22. The van der Waals surface area contributed by atoms with Gasteiger partial charge in [0.15, 0.2) is 0 Å². The average Bonchev–Trinajstić information content (AvgIpc) is 3.30. The number of carbonyl (C=O) groups is 1. The molecule has 0 spiro atoms. The second kappa shape index (κ2) is 8.89. The highest BCUT2D eigenvalue weighted by molar-refractivity contribution is 5.98. The standard InChI is InChI=1S/C27H29N5O2/c1-17-6-9-20(10-7-17)24-23-25(28-16-29-26(23)34-30-24)32-13-11-21(12-14-32)27(33)31(4)22-15-18(2)5-8-19(22)3/h5-10,15-16,21H,11-14H2,1-4H3. The molecule has 0 aliphatic carbocycles. The summed E-state index contributed by atoms with van der Waals surface area (Å²) in [6, 6.07) is 14.4. The molecule has 1 aliphatic rings. The van der Waals surface area contributed by atoms with E-state index in [1.165, 1.54) is 11.9 Å². The van der Waals surface area contributed by atoms with Gasteiger partial charge in [-0.2, -0.15) is 4.98 Å². The van der Waals surface area contributed by atoms with Crippen LogP contribution in [0.5, 0.6) is 0 Å². The van der Waals surface area contributed by atoms with Gasteiger partial charge in [0.1, 0.15) is 23.2 Å². The molecule has 0 unspecified atom stereocenters. The summed E-state index contributed by atoms with van der Waals surface area (Å²) in [5, 5.41) is 5.12. The maximum Gasteiger partial charge on any atom is 0.263 e. The SMILES string of the molecule is Cc1ccc(-c2noc3ncnc(N4CCC(C(=O)N(C)c5cc(C)ccc5C)CC4)c23)cc1. The van der Waals surface area contributed by atoms with Crippen molar-refractivity contribution in [3.05, 3.63) is 65.5 Å². The minimum atomic E-state index is -0.0162. The highest BCUT2D eigenvalue weighted by Crippen LogP contribution is 2.35. The Kier molecular flexibility index (Phi) is 5.77. The molecule has 34 heavy (non-hydrogen) atoms.